The summed E-state index contributed by atoms with van der Waals surface area (Å²) in [5.41, 5.74) is 0. The smallest absolute Gasteiger partial charge is 0.132 e. The molecule has 3 heteroatoms. The topological polar surface area (TPSA) is 80.1 Å². The van der Waals surface area contributed by atoms with E-state index in [9.17, 15) is 4.79 Å². The fraction of sp³-hybridized carbons (Fsp3) is 0.833. The number of Topliss-reactive ketones (excluding diaryl/α,β-unsaturated/α-hetero) is 1. The van der Waals surface area contributed by atoms with Crippen molar-refractivity contribution in [2.45, 2.75) is 32.1 Å². The highest BCUT2D eigenvalue weighted by Gasteiger charge is 2.05. The lowest BCUT2D eigenvalue weighted by Crippen LogP contribution is -2.02. The first-order valence-corrected chi connectivity index (χ1v) is 2.91. The number of hydrogen-bond donors (Lipinski definition) is 0. The van der Waals surface area contributed by atoms with Gasteiger partial charge < -0.3 is 11.0 Å². The van der Waals surface area contributed by atoms with Gasteiger partial charge in [0.1, 0.15) is 5.78 Å². The highest BCUT2D eigenvalue weighted by molar-refractivity contribution is 5.78. The van der Waals surface area contributed by atoms with E-state index in [1.807, 2.05) is 0 Å². The third kappa shape index (κ3) is 4.12. The Morgan fingerprint density at radius 2 is 1.33 bits per heavy atom. The first kappa shape index (κ1) is 11.4. The molecule has 0 heterocycles. The van der Waals surface area contributed by atoms with Crippen LogP contribution in [0, 0.1) is 0 Å². The lowest BCUT2D eigenvalue weighted by Gasteiger charge is -2.05. The summed E-state index contributed by atoms with van der Waals surface area (Å²) in [6.07, 6.45) is 5.24. The van der Waals surface area contributed by atoms with Crippen molar-refractivity contribution >= 4 is 5.78 Å². The summed E-state index contributed by atoms with van der Waals surface area (Å²) in [4.78, 5) is 10.5. The Balaban J connectivity index is 0. The van der Waals surface area contributed by atoms with E-state index in [0.29, 0.717) is 5.78 Å². The Hall–Kier alpha value is -0.410. The number of carbonyl (C=O) groups excluding carboxylic acids is 1. The summed E-state index contributed by atoms with van der Waals surface area (Å²) in [7, 11) is 0. The first-order valence-electron chi connectivity index (χ1n) is 2.91. The Labute approximate surface area is 54.7 Å². The highest BCUT2D eigenvalue weighted by Crippen LogP contribution is 2.12. The molecule has 0 saturated heterocycles. The van der Waals surface area contributed by atoms with Gasteiger partial charge in [-0.05, 0) is 12.8 Å². The molecule has 0 unspecified atom stereocenters. The monoisotopic (exact) mass is 134 g/mol. The predicted octanol–water partition coefficient (Wildman–Crippen LogP) is -0.130. The van der Waals surface area contributed by atoms with Gasteiger partial charge >= 0.3 is 0 Å². The molecule has 0 amide bonds. The van der Waals surface area contributed by atoms with Crippen molar-refractivity contribution in [3.05, 3.63) is 0 Å². The zero-order valence-electron chi connectivity index (χ0n) is 5.44. The zero-order valence-corrected chi connectivity index (χ0v) is 5.44. The van der Waals surface area contributed by atoms with Crippen LogP contribution >= 0.6 is 0 Å². The van der Waals surface area contributed by atoms with Gasteiger partial charge in [0, 0.05) is 12.8 Å². The fourth-order valence-electron chi connectivity index (χ4n) is 0.946. The van der Waals surface area contributed by atoms with Crippen molar-refractivity contribution in [1.82, 2.24) is 0 Å². The fourth-order valence-corrected chi connectivity index (χ4v) is 0.946. The molecule has 0 bridgehead atoms. The summed E-state index contributed by atoms with van der Waals surface area (Å²) in [5, 5.41) is 0. The van der Waals surface area contributed by atoms with Crippen LogP contribution in [0.1, 0.15) is 32.1 Å². The molecule has 0 atom stereocenters. The number of ketones is 1. The van der Waals surface area contributed by atoms with Gasteiger partial charge in [0.2, 0.25) is 0 Å². The molecule has 4 N–H and O–H groups in total. The zero-order chi connectivity index (χ0) is 5.11. The number of rotatable bonds is 0. The molecule has 0 radical (unpaired) electrons. The van der Waals surface area contributed by atoms with E-state index in [0.717, 1.165) is 25.7 Å². The van der Waals surface area contributed by atoms with Gasteiger partial charge in [0.05, 0.1) is 0 Å². The van der Waals surface area contributed by atoms with E-state index in [2.05, 4.69) is 0 Å². The van der Waals surface area contributed by atoms with Gasteiger partial charge in [0.25, 0.3) is 0 Å². The van der Waals surface area contributed by atoms with Crippen LogP contribution in [-0.4, -0.2) is 16.7 Å². The first-order chi connectivity index (χ1) is 3.39. The molecule has 1 aliphatic rings. The second-order valence-electron chi connectivity index (χ2n) is 2.10. The van der Waals surface area contributed by atoms with Crippen LogP contribution in [-0.2, 0) is 4.79 Å². The standard InChI is InChI=1S/C6H10O.2H2O/c7-6-4-2-1-3-5-6;;/h1-5H2;2*1H2. The minimum absolute atomic E-state index is 0. The molecule has 1 aliphatic carbocycles. The van der Waals surface area contributed by atoms with Crippen molar-refractivity contribution in [1.29, 1.82) is 0 Å². The van der Waals surface area contributed by atoms with E-state index >= 15 is 0 Å². The Morgan fingerprint density at radius 1 is 0.889 bits per heavy atom. The third-order valence-electron chi connectivity index (χ3n) is 1.41. The summed E-state index contributed by atoms with van der Waals surface area (Å²) < 4.78 is 0. The largest absolute Gasteiger partial charge is 0.412 e. The average Bonchev–Trinajstić information content (AvgIpc) is 1.69. The summed E-state index contributed by atoms with van der Waals surface area (Å²) >= 11 is 0. The molecular weight excluding hydrogens is 120 g/mol. The minimum Gasteiger partial charge on any atom is -0.412 e. The lowest BCUT2D eigenvalue weighted by atomic mass is 10.00. The summed E-state index contributed by atoms with van der Waals surface area (Å²) in [6, 6.07) is 0. The lowest BCUT2D eigenvalue weighted by molar-refractivity contribution is -0.120. The van der Waals surface area contributed by atoms with Gasteiger partial charge in [-0.25, -0.2) is 0 Å². The normalized spacial score (nSPS) is 17.6. The van der Waals surface area contributed by atoms with Crippen molar-refractivity contribution in [2.24, 2.45) is 0 Å². The third-order valence-corrected chi connectivity index (χ3v) is 1.41. The van der Waals surface area contributed by atoms with Gasteiger partial charge in [-0.1, -0.05) is 6.42 Å². The van der Waals surface area contributed by atoms with E-state index in [-0.39, 0.29) is 11.0 Å². The maximum absolute atomic E-state index is 10.5. The van der Waals surface area contributed by atoms with Crippen LogP contribution in [0.2, 0.25) is 0 Å². The quantitative estimate of drug-likeness (QED) is 0.454. The molecule has 3 nitrogen and oxygen atoms in total. The SMILES string of the molecule is O.O.O=C1CCCCC1. The molecule has 1 saturated carbocycles. The molecule has 1 fully saturated rings. The van der Waals surface area contributed by atoms with E-state index in [4.69, 9.17) is 0 Å². The molecule has 0 spiro atoms. The maximum atomic E-state index is 10.5. The van der Waals surface area contributed by atoms with Gasteiger partial charge in [-0.15, -0.1) is 0 Å². The molecule has 0 aliphatic heterocycles. The van der Waals surface area contributed by atoms with Gasteiger partial charge in [0.15, 0.2) is 0 Å². The Kier molecular flexibility index (Phi) is 7.24. The van der Waals surface area contributed by atoms with Crippen LogP contribution in [0.4, 0.5) is 0 Å². The van der Waals surface area contributed by atoms with Crippen LogP contribution in [0.15, 0.2) is 0 Å². The molecule has 0 aromatic rings. The Bertz CT molecular complexity index is 72.4. The van der Waals surface area contributed by atoms with E-state index in [1.54, 1.807) is 0 Å². The average molecular weight is 134 g/mol. The van der Waals surface area contributed by atoms with Gasteiger partial charge in [-0.3, -0.25) is 4.79 Å². The second-order valence-corrected chi connectivity index (χ2v) is 2.10. The molecule has 9 heavy (non-hydrogen) atoms. The van der Waals surface area contributed by atoms with Gasteiger partial charge in [-0.2, -0.15) is 0 Å². The van der Waals surface area contributed by atoms with Crippen LogP contribution in [0.5, 0.6) is 0 Å². The summed E-state index contributed by atoms with van der Waals surface area (Å²) in [6.45, 7) is 0. The maximum Gasteiger partial charge on any atom is 0.132 e. The number of hydrogen-bond acceptors (Lipinski definition) is 1. The van der Waals surface area contributed by atoms with Crippen LogP contribution in [0.25, 0.3) is 0 Å². The van der Waals surface area contributed by atoms with Crippen molar-refractivity contribution in [3.8, 4) is 0 Å². The molecule has 0 aromatic carbocycles. The van der Waals surface area contributed by atoms with Crippen LogP contribution in [0.3, 0.4) is 0 Å². The van der Waals surface area contributed by atoms with Crippen LogP contribution < -0.4 is 0 Å². The molecular formula is C6H14O3. The highest BCUT2D eigenvalue weighted by atomic mass is 16.1. The predicted molar refractivity (Wildman–Crippen MR) is 35.3 cm³/mol. The van der Waals surface area contributed by atoms with Crippen molar-refractivity contribution < 1.29 is 15.7 Å². The summed E-state index contributed by atoms with van der Waals surface area (Å²) in [5.74, 6) is 0.464. The molecule has 1 rings (SSSR count). The van der Waals surface area contributed by atoms with E-state index in [1.165, 1.54) is 6.42 Å². The van der Waals surface area contributed by atoms with E-state index < -0.39 is 0 Å². The van der Waals surface area contributed by atoms with Crippen molar-refractivity contribution in [3.63, 3.8) is 0 Å². The molecule has 0 aromatic heterocycles. The Morgan fingerprint density at radius 3 is 1.56 bits per heavy atom. The van der Waals surface area contributed by atoms with Crippen molar-refractivity contribution in [2.75, 3.05) is 0 Å². The number of carbonyl (C=O) groups is 1. The minimum atomic E-state index is 0. The molecule has 56 valence electrons. The second kappa shape index (κ2) is 5.72.